The summed E-state index contributed by atoms with van der Waals surface area (Å²) in [6, 6.07) is 0. The van der Waals surface area contributed by atoms with Gasteiger partial charge in [-0.1, -0.05) is 39.0 Å². The van der Waals surface area contributed by atoms with E-state index in [1.54, 1.807) is 0 Å². The molecule has 0 spiro atoms. The van der Waals surface area contributed by atoms with Gasteiger partial charge in [-0.2, -0.15) is 0 Å². The van der Waals surface area contributed by atoms with Gasteiger partial charge >= 0.3 is 0 Å². The molecule has 0 aliphatic rings. The van der Waals surface area contributed by atoms with Gasteiger partial charge in [0.05, 0.1) is 0 Å². The molecule has 1 nitrogen and oxygen atoms in total. The fraction of sp³-hybridized carbons (Fsp3) is 0.889. The van der Waals surface area contributed by atoms with Gasteiger partial charge in [0.15, 0.2) is 6.17 Å². The molecule has 0 fully saturated rings. The number of carbonyl (C=O) groups excluding carboxylic acids is 1. The van der Waals surface area contributed by atoms with Gasteiger partial charge in [0, 0.05) is 0 Å². The first-order valence-electron chi connectivity index (χ1n) is 4.52. The molecule has 0 bridgehead atoms. The van der Waals surface area contributed by atoms with Crippen molar-refractivity contribution in [1.29, 1.82) is 0 Å². The van der Waals surface area contributed by atoms with E-state index >= 15 is 0 Å². The summed E-state index contributed by atoms with van der Waals surface area (Å²) in [7, 11) is 0. The molecule has 72 valence electrons. The second kappa shape index (κ2) is 7.53. The van der Waals surface area contributed by atoms with Crippen molar-refractivity contribution in [2.45, 2.75) is 51.6 Å². The van der Waals surface area contributed by atoms with Crippen LogP contribution in [0.5, 0.6) is 0 Å². The van der Waals surface area contributed by atoms with Crippen molar-refractivity contribution in [2.24, 2.45) is 0 Å². The van der Waals surface area contributed by atoms with Crippen LogP contribution in [0.25, 0.3) is 0 Å². The molecule has 0 aromatic carbocycles. The van der Waals surface area contributed by atoms with Gasteiger partial charge < -0.3 is 0 Å². The largest absolute Gasteiger partial charge is 0.278 e. The molecule has 1 unspecified atom stereocenters. The van der Waals surface area contributed by atoms with Crippen LogP contribution in [-0.4, -0.2) is 11.4 Å². The zero-order chi connectivity index (χ0) is 9.40. The van der Waals surface area contributed by atoms with E-state index in [1.807, 2.05) is 0 Å². The minimum absolute atomic E-state index is 0.284. The molecule has 12 heavy (non-hydrogen) atoms. The van der Waals surface area contributed by atoms with Crippen molar-refractivity contribution in [3.05, 3.63) is 0 Å². The van der Waals surface area contributed by atoms with E-state index in [1.165, 1.54) is 12.8 Å². The summed E-state index contributed by atoms with van der Waals surface area (Å²) in [5.41, 5.74) is 0. The Balaban J connectivity index is 3.14. The maximum atomic E-state index is 12.6. The third-order valence-electron chi connectivity index (χ3n) is 1.81. The molecule has 0 aromatic rings. The molecule has 3 heteroatoms. The van der Waals surface area contributed by atoms with Gasteiger partial charge in [-0.05, 0) is 18.0 Å². The molecule has 1 atom stereocenters. The summed E-state index contributed by atoms with van der Waals surface area (Å²) in [6.07, 6.45) is 4.08. The lowest BCUT2D eigenvalue weighted by Crippen LogP contribution is -2.08. The highest BCUT2D eigenvalue weighted by atomic mass is 35.5. The van der Waals surface area contributed by atoms with E-state index in [0.29, 0.717) is 0 Å². The fourth-order valence-electron chi connectivity index (χ4n) is 1.04. The lowest BCUT2D eigenvalue weighted by molar-refractivity contribution is -0.116. The van der Waals surface area contributed by atoms with Crippen LogP contribution >= 0.6 is 11.6 Å². The van der Waals surface area contributed by atoms with Gasteiger partial charge in [-0.3, -0.25) is 4.79 Å². The Hall–Kier alpha value is -0.110. The summed E-state index contributed by atoms with van der Waals surface area (Å²) in [6.45, 7) is 2.13. The van der Waals surface area contributed by atoms with Gasteiger partial charge in [0.25, 0.3) is 5.24 Å². The minimum Gasteiger partial charge on any atom is -0.278 e. The summed E-state index contributed by atoms with van der Waals surface area (Å²) < 4.78 is 12.6. The molecule has 0 aliphatic heterocycles. The third kappa shape index (κ3) is 6.59. The Kier molecular flexibility index (Phi) is 7.47. The summed E-state index contributed by atoms with van der Waals surface area (Å²) in [5.74, 6) is 0. The molecule has 0 N–H and O–H groups in total. The first kappa shape index (κ1) is 11.9. The Morgan fingerprint density at radius 2 is 1.92 bits per heavy atom. The normalized spacial score (nSPS) is 12.9. The van der Waals surface area contributed by atoms with Gasteiger partial charge in [0.2, 0.25) is 0 Å². The number of rotatable bonds is 7. The van der Waals surface area contributed by atoms with Crippen LogP contribution in [0, 0.1) is 0 Å². The molecule has 0 aromatic heterocycles. The van der Waals surface area contributed by atoms with Crippen LogP contribution in [0.15, 0.2) is 0 Å². The Bertz CT molecular complexity index is 128. The third-order valence-corrected chi connectivity index (χ3v) is 2.04. The lowest BCUT2D eigenvalue weighted by atomic mass is 10.1. The summed E-state index contributed by atoms with van der Waals surface area (Å²) in [4.78, 5) is 10.3. The predicted molar refractivity (Wildman–Crippen MR) is 49.1 cm³/mol. The molecule has 0 heterocycles. The standard InChI is InChI=1S/C9H16ClFO/c1-2-3-4-5-6-7-8(11)9(10)12/h8H,2-7H2,1H3. The summed E-state index contributed by atoms with van der Waals surface area (Å²) >= 11 is 4.95. The minimum atomic E-state index is -1.45. The van der Waals surface area contributed by atoms with Crippen molar-refractivity contribution in [3.63, 3.8) is 0 Å². The molecule has 0 amide bonds. The predicted octanol–water partition coefficient (Wildman–Crippen LogP) is 3.45. The molecule has 0 radical (unpaired) electrons. The van der Waals surface area contributed by atoms with Crippen molar-refractivity contribution >= 4 is 16.8 Å². The molecular weight excluding hydrogens is 179 g/mol. The highest BCUT2D eigenvalue weighted by molar-refractivity contribution is 6.64. The van der Waals surface area contributed by atoms with E-state index in [0.717, 1.165) is 19.3 Å². The van der Waals surface area contributed by atoms with Crippen LogP contribution in [0.3, 0.4) is 0 Å². The second-order valence-corrected chi connectivity index (χ2v) is 3.35. The van der Waals surface area contributed by atoms with Crippen LogP contribution in [0.2, 0.25) is 0 Å². The van der Waals surface area contributed by atoms with Crippen LogP contribution < -0.4 is 0 Å². The average Bonchev–Trinajstić information content (AvgIpc) is 2.03. The highest BCUT2D eigenvalue weighted by Crippen LogP contribution is 2.10. The van der Waals surface area contributed by atoms with Gasteiger partial charge in [-0.25, -0.2) is 4.39 Å². The van der Waals surface area contributed by atoms with E-state index in [-0.39, 0.29) is 6.42 Å². The van der Waals surface area contributed by atoms with Crippen LogP contribution in [0.4, 0.5) is 4.39 Å². The van der Waals surface area contributed by atoms with Crippen LogP contribution in [-0.2, 0) is 4.79 Å². The van der Waals surface area contributed by atoms with E-state index in [9.17, 15) is 9.18 Å². The van der Waals surface area contributed by atoms with Crippen molar-refractivity contribution in [2.75, 3.05) is 0 Å². The lowest BCUT2D eigenvalue weighted by Gasteiger charge is -2.01. The van der Waals surface area contributed by atoms with Gasteiger partial charge in [0.1, 0.15) is 0 Å². The molecule has 0 saturated heterocycles. The second-order valence-electron chi connectivity index (χ2n) is 2.97. The average molecular weight is 195 g/mol. The van der Waals surface area contributed by atoms with Crippen LogP contribution in [0.1, 0.15) is 45.4 Å². The fourth-order valence-corrected chi connectivity index (χ4v) is 1.15. The Morgan fingerprint density at radius 1 is 1.33 bits per heavy atom. The molecule has 0 rings (SSSR count). The smallest absolute Gasteiger partial charge is 0.255 e. The number of carbonyl (C=O) groups is 1. The highest BCUT2D eigenvalue weighted by Gasteiger charge is 2.12. The van der Waals surface area contributed by atoms with Crippen molar-refractivity contribution in [3.8, 4) is 0 Å². The maximum Gasteiger partial charge on any atom is 0.255 e. The van der Waals surface area contributed by atoms with Crippen molar-refractivity contribution < 1.29 is 9.18 Å². The molecule has 0 saturated carbocycles. The quantitative estimate of drug-likeness (QED) is 0.448. The number of halogens is 2. The Morgan fingerprint density at radius 3 is 2.42 bits per heavy atom. The number of unbranched alkanes of at least 4 members (excludes halogenated alkanes) is 4. The number of hydrogen-bond donors (Lipinski definition) is 0. The summed E-state index contributed by atoms with van der Waals surface area (Å²) in [5, 5.41) is -0.856. The number of alkyl halides is 1. The van der Waals surface area contributed by atoms with E-state index in [4.69, 9.17) is 11.6 Å². The van der Waals surface area contributed by atoms with E-state index < -0.39 is 11.4 Å². The number of hydrogen-bond acceptors (Lipinski definition) is 1. The Labute approximate surface area is 78.3 Å². The first-order valence-corrected chi connectivity index (χ1v) is 4.89. The van der Waals surface area contributed by atoms with Gasteiger partial charge in [-0.15, -0.1) is 0 Å². The zero-order valence-electron chi connectivity index (χ0n) is 7.48. The molecular formula is C9H16ClFO. The van der Waals surface area contributed by atoms with E-state index in [2.05, 4.69) is 6.92 Å². The monoisotopic (exact) mass is 194 g/mol. The SMILES string of the molecule is CCCCCCCC(F)C(=O)Cl. The zero-order valence-corrected chi connectivity index (χ0v) is 8.24. The first-order chi connectivity index (χ1) is 5.68. The maximum absolute atomic E-state index is 12.6. The topological polar surface area (TPSA) is 17.1 Å². The molecule has 0 aliphatic carbocycles. The van der Waals surface area contributed by atoms with Crippen molar-refractivity contribution in [1.82, 2.24) is 0 Å².